The van der Waals surface area contributed by atoms with Gasteiger partial charge >= 0.3 is 5.97 Å². The van der Waals surface area contributed by atoms with Crippen molar-refractivity contribution < 1.29 is 26.4 Å². The van der Waals surface area contributed by atoms with Crippen molar-refractivity contribution in [2.24, 2.45) is 0 Å². The average molecular weight is 489 g/mol. The number of rotatable bonds is 2. The molecule has 0 radical (unpaired) electrons. The summed E-state index contributed by atoms with van der Waals surface area (Å²) in [6.07, 6.45) is 7.93. The first kappa shape index (κ1) is 21.6. The van der Waals surface area contributed by atoms with E-state index in [0.29, 0.717) is 0 Å². The molecule has 0 saturated heterocycles. The standard InChI is InChI=1S/C27H18N4O2.Ni/c32-27(33)17-3-1-16(2-4-17)25-14-24-13-22-8-7-20(29-22)11-18-5-6-19(28-18)12-21-9-10-23(30-21)15-26(25)31-24;/h1-15,28,31H,(H,32,33);. The summed E-state index contributed by atoms with van der Waals surface area (Å²) in [6, 6.07) is 21.0. The molecular weight excluding hydrogens is 471 g/mol. The zero-order valence-corrected chi connectivity index (χ0v) is 18.7. The minimum Gasteiger partial charge on any atom is -0.478 e. The first-order chi connectivity index (χ1) is 16.1. The first-order valence-electron chi connectivity index (χ1n) is 10.5. The molecule has 6 nitrogen and oxygen atoms in total. The Morgan fingerprint density at radius 3 is 1.74 bits per heavy atom. The molecule has 7 heteroatoms. The smallest absolute Gasteiger partial charge is 0.335 e. The minimum absolute atomic E-state index is 0. The van der Waals surface area contributed by atoms with Crippen LogP contribution in [-0.2, 0) is 16.5 Å². The molecule has 3 N–H and O–H groups in total. The monoisotopic (exact) mass is 488 g/mol. The average Bonchev–Trinajstić information content (AvgIpc) is 3.59. The van der Waals surface area contributed by atoms with Crippen LogP contribution in [0, 0.1) is 0 Å². The number of benzene rings is 1. The van der Waals surface area contributed by atoms with Gasteiger partial charge in [-0.05, 0) is 84.5 Å². The third-order valence-electron chi connectivity index (χ3n) is 5.61. The van der Waals surface area contributed by atoms with Crippen LogP contribution in [0.15, 0.2) is 66.7 Å². The van der Waals surface area contributed by atoms with Gasteiger partial charge in [0.05, 0.1) is 28.3 Å². The van der Waals surface area contributed by atoms with Crippen molar-refractivity contribution in [3.05, 3.63) is 95.1 Å². The van der Waals surface area contributed by atoms with E-state index < -0.39 is 5.97 Å². The van der Waals surface area contributed by atoms with Crippen molar-refractivity contribution in [1.82, 2.24) is 19.9 Å². The topological polar surface area (TPSA) is 94.7 Å². The van der Waals surface area contributed by atoms with E-state index in [4.69, 9.17) is 9.97 Å². The van der Waals surface area contributed by atoms with Crippen LogP contribution in [0.25, 0.3) is 57.5 Å². The Balaban J connectivity index is 0.00000241. The largest absolute Gasteiger partial charge is 0.478 e. The van der Waals surface area contributed by atoms with Crippen molar-refractivity contribution in [3.63, 3.8) is 0 Å². The van der Waals surface area contributed by atoms with E-state index in [1.165, 1.54) is 0 Å². The van der Waals surface area contributed by atoms with Gasteiger partial charge in [-0.15, -0.1) is 0 Å². The number of H-pyrrole nitrogens is 2. The molecule has 0 atom stereocenters. The molecule has 5 heterocycles. The maximum absolute atomic E-state index is 11.2. The number of fused-ring (bicyclic) bond motifs is 8. The van der Waals surface area contributed by atoms with Crippen LogP contribution in [0.1, 0.15) is 33.1 Å². The summed E-state index contributed by atoms with van der Waals surface area (Å²) in [7, 11) is 0. The van der Waals surface area contributed by atoms with Gasteiger partial charge in [0, 0.05) is 44.1 Å². The molecule has 4 aromatic rings. The number of nitrogens with one attached hydrogen (secondary N) is 2. The molecule has 2 aliphatic rings. The Morgan fingerprint density at radius 1 is 0.647 bits per heavy atom. The van der Waals surface area contributed by atoms with E-state index in [-0.39, 0.29) is 22.1 Å². The normalized spacial score (nSPS) is 11.9. The zero-order valence-electron chi connectivity index (χ0n) is 17.7. The molecule has 168 valence electrons. The minimum atomic E-state index is -0.942. The van der Waals surface area contributed by atoms with Crippen LogP contribution in [0.4, 0.5) is 0 Å². The third kappa shape index (κ3) is 4.21. The Bertz CT molecular complexity index is 1640. The second kappa shape index (κ2) is 8.62. The van der Waals surface area contributed by atoms with E-state index in [9.17, 15) is 9.90 Å². The van der Waals surface area contributed by atoms with Crippen molar-refractivity contribution in [2.45, 2.75) is 0 Å². The molecule has 0 spiro atoms. The SMILES string of the molecule is O=C(O)c1ccc(-c2cc3cc4nc(cc5ccc(cc6nc(cc2[nH]3)C=C6)[nH]5)C=C4)cc1.[Ni]. The summed E-state index contributed by atoms with van der Waals surface area (Å²) in [6.45, 7) is 0. The van der Waals surface area contributed by atoms with Gasteiger partial charge in [-0.25, -0.2) is 14.8 Å². The molecule has 0 saturated carbocycles. The van der Waals surface area contributed by atoms with E-state index in [1.54, 1.807) is 12.1 Å². The predicted octanol–water partition coefficient (Wildman–Crippen LogP) is 6.02. The number of aromatic nitrogens is 4. The molecule has 3 aromatic heterocycles. The van der Waals surface area contributed by atoms with Crippen LogP contribution in [0.5, 0.6) is 0 Å². The van der Waals surface area contributed by atoms with Gasteiger partial charge in [-0.3, -0.25) is 0 Å². The Kier molecular flexibility index (Phi) is 5.48. The van der Waals surface area contributed by atoms with Crippen LogP contribution in [0.3, 0.4) is 0 Å². The van der Waals surface area contributed by atoms with Gasteiger partial charge in [0.1, 0.15) is 0 Å². The van der Waals surface area contributed by atoms with Gasteiger partial charge < -0.3 is 15.1 Å². The second-order valence-corrected chi connectivity index (χ2v) is 7.97. The Morgan fingerprint density at radius 2 is 1.18 bits per heavy atom. The number of hydrogen-bond acceptors (Lipinski definition) is 3. The molecular formula is C27H18N4NiO2. The molecule has 8 bridgehead atoms. The number of aromatic amines is 2. The number of nitrogens with zero attached hydrogens (tertiary/aromatic N) is 2. The van der Waals surface area contributed by atoms with Crippen LogP contribution < -0.4 is 0 Å². The fourth-order valence-electron chi connectivity index (χ4n) is 4.05. The van der Waals surface area contributed by atoms with E-state index in [0.717, 1.165) is 56.0 Å². The van der Waals surface area contributed by atoms with Crippen molar-refractivity contribution in [3.8, 4) is 11.1 Å². The van der Waals surface area contributed by atoms with Crippen molar-refractivity contribution in [2.75, 3.05) is 0 Å². The van der Waals surface area contributed by atoms with Crippen LogP contribution >= 0.6 is 0 Å². The van der Waals surface area contributed by atoms with Crippen LogP contribution in [0.2, 0.25) is 0 Å². The van der Waals surface area contributed by atoms with E-state index in [2.05, 4.69) is 9.97 Å². The van der Waals surface area contributed by atoms with Gasteiger partial charge in [0.25, 0.3) is 0 Å². The first-order valence-corrected chi connectivity index (χ1v) is 10.5. The number of carbonyl (C=O) groups is 1. The third-order valence-corrected chi connectivity index (χ3v) is 5.61. The maximum Gasteiger partial charge on any atom is 0.335 e. The van der Waals surface area contributed by atoms with Gasteiger partial charge in [0.15, 0.2) is 0 Å². The summed E-state index contributed by atoms with van der Waals surface area (Å²) < 4.78 is 0. The summed E-state index contributed by atoms with van der Waals surface area (Å²) in [5.41, 5.74) is 9.29. The van der Waals surface area contributed by atoms with Gasteiger partial charge in [0.2, 0.25) is 0 Å². The molecule has 1 aromatic carbocycles. The van der Waals surface area contributed by atoms with Crippen molar-refractivity contribution in [1.29, 1.82) is 0 Å². The molecule has 34 heavy (non-hydrogen) atoms. The quantitative estimate of drug-likeness (QED) is 0.260. The molecule has 6 rings (SSSR count). The second-order valence-electron chi connectivity index (χ2n) is 7.97. The summed E-state index contributed by atoms with van der Waals surface area (Å²) in [5.74, 6) is -0.942. The number of carboxylic acid groups (broad SMARTS) is 1. The van der Waals surface area contributed by atoms with Crippen molar-refractivity contribution >= 4 is 52.3 Å². The fourth-order valence-corrected chi connectivity index (χ4v) is 4.05. The van der Waals surface area contributed by atoms with E-state index >= 15 is 0 Å². The molecule has 0 fully saturated rings. The number of aromatic carboxylic acids is 1. The summed E-state index contributed by atoms with van der Waals surface area (Å²) in [5, 5.41) is 9.23. The van der Waals surface area contributed by atoms with Gasteiger partial charge in [-0.2, -0.15) is 0 Å². The molecule has 0 aliphatic carbocycles. The number of carboxylic acids is 1. The fraction of sp³-hybridized carbons (Fsp3) is 0. The number of hydrogen-bond donors (Lipinski definition) is 3. The van der Waals surface area contributed by atoms with E-state index in [1.807, 2.05) is 78.9 Å². The van der Waals surface area contributed by atoms with Crippen LogP contribution in [-0.4, -0.2) is 31.0 Å². The maximum atomic E-state index is 11.2. The predicted molar refractivity (Wildman–Crippen MR) is 131 cm³/mol. The Hall–Kier alpha value is -4.22. The molecule has 0 unspecified atom stereocenters. The molecule has 0 amide bonds. The molecule has 2 aliphatic heterocycles. The zero-order chi connectivity index (χ0) is 22.4. The summed E-state index contributed by atoms with van der Waals surface area (Å²) in [4.78, 5) is 27.5. The Labute approximate surface area is 204 Å². The summed E-state index contributed by atoms with van der Waals surface area (Å²) >= 11 is 0. The van der Waals surface area contributed by atoms with Gasteiger partial charge in [-0.1, -0.05) is 12.1 Å².